The Labute approximate surface area is 224 Å². The molecule has 5 rings (SSSR count). The molecule has 186 valence electrons. The number of aromatic nitrogens is 1. The molecule has 0 saturated heterocycles. The molecule has 0 aliphatic carbocycles. The van der Waals surface area contributed by atoms with Crippen molar-refractivity contribution in [1.29, 1.82) is 0 Å². The summed E-state index contributed by atoms with van der Waals surface area (Å²) in [5, 5.41) is 14.4. The van der Waals surface area contributed by atoms with Crippen molar-refractivity contribution < 1.29 is 31.6 Å². The van der Waals surface area contributed by atoms with Gasteiger partial charge in [0.2, 0.25) is 5.79 Å². The van der Waals surface area contributed by atoms with E-state index in [-0.39, 0.29) is 23.6 Å². The first-order chi connectivity index (χ1) is 16.9. The highest BCUT2D eigenvalue weighted by Crippen LogP contribution is 2.58. The molecule has 0 radical (unpaired) electrons. The average Bonchev–Trinajstić information content (AvgIpc) is 2.89. The molecule has 4 aromatic rings. The zero-order valence-corrected chi connectivity index (χ0v) is 23.3. The number of fused-ring (bicyclic) bond motifs is 1. The molecule has 1 aliphatic rings. The Morgan fingerprint density at radius 2 is 1.31 bits per heavy atom. The smallest absolute Gasteiger partial charge is 0.205 e. The van der Waals surface area contributed by atoms with Gasteiger partial charge in [-0.05, 0) is 43.3 Å². The molecule has 0 saturated carbocycles. The highest BCUT2D eigenvalue weighted by Gasteiger charge is 2.47. The van der Waals surface area contributed by atoms with E-state index >= 15 is 0 Å². The van der Waals surface area contributed by atoms with Gasteiger partial charge in [0.05, 0.1) is 24.6 Å². The van der Waals surface area contributed by atoms with Gasteiger partial charge in [-0.2, -0.15) is 0 Å². The standard InChI is InChI=1S/C30H31NO3P.BrH/c1-22-29-27(20-33-30(2,3)34-29)26(19-32)28(31-22)21-35(23-13-7-4-8-14-23,24-15-9-5-10-16-24)25-17-11-6-12-18-25;/h4-18,32H,19-21H2,1-3H3;1H/q+1;/p-1. The summed E-state index contributed by atoms with van der Waals surface area (Å²) in [5.74, 6) is 0.0138. The van der Waals surface area contributed by atoms with E-state index in [0.29, 0.717) is 12.8 Å². The third-order valence-electron chi connectivity index (χ3n) is 6.67. The first-order valence-corrected chi connectivity index (χ1v) is 13.9. The molecule has 0 atom stereocenters. The summed E-state index contributed by atoms with van der Waals surface area (Å²) in [6, 6.07) is 32.2. The SMILES string of the molecule is Cc1nc(C[P+](c2ccccc2)(c2ccccc2)c2ccccc2)c(CO)c2c1OC(C)(C)OC2.[Br-]. The summed E-state index contributed by atoms with van der Waals surface area (Å²) in [4.78, 5) is 5.07. The molecule has 4 nitrogen and oxygen atoms in total. The van der Waals surface area contributed by atoms with Gasteiger partial charge in [-0.3, -0.25) is 0 Å². The molecule has 36 heavy (non-hydrogen) atoms. The van der Waals surface area contributed by atoms with Crippen molar-refractivity contribution in [2.45, 2.75) is 45.9 Å². The van der Waals surface area contributed by atoms with E-state index in [2.05, 4.69) is 91.0 Å². The molecular formula is C30H31BrNO3P. The number of ether oxygens (including phenoxy) is 2. The quantitative estimate of drug-likeness (QED) is 0.365. The Bertz CT molecular complexity index is 1220. The highest BCUT2D eigenvalue weighted by atomic mass is 79.9. The monoisotopic (exact) mass is 563 g/mol. The lowest BCUT2D eigenvalue weighted by atomic mass is 10.0. The Balaban J connectivity index is 0.00000304. The van der Waals surface area contributed by atoms with E-state index < -0.39 is 13.0 Å². The van der Waals surface area contributed by atoms with Crippen LogP contribution in [-0.2, 0) is 24.1 Å². The number of pyridine rings is 1. The van der Waals surface area contributed by atoms with E-state index in [9.17, 15) is 5.11 Å². The molecular weight excluding hydrogens is 533 g/mol. The van der Waals surface area contributed by atoms with E-state index in [4.69, 9.17) is 14.5 Å². The molecule has 6 heteroatoms. The van der Waals surface area contributed by atoms with Gasteiger partial charge in [-0.15, -0.1) is 0 Å². The molecule has 1 aromatic heterocycles. The van der Waals surface area contributed by atoms with Gasteiger partial charge in [0.15, 0.2) is 0 Å². The zero-order valence-electron chi connectivity index (χ0n) is 20.8. The minimum Gasteiger partial charge on any atom is -1.00 e. The number of hydrogen-bond donors (Lipinski definition) is 1. The van der Waals surface area contributed by atoms with Crippen molar-refractivity contribution in [3.8, 4) is 5.75 Å². The number of benzene rings is 3. The van der Waals surface area contributed by atoms with Gasteiger partial charge >= 0.3 is 0 Å². The fourth-order valence-corrected chi connectivity index (χ4v) is 9.17. The Kier molecular flexibility index (Phi) is 7.96. The number of hydrogen-bond acceptors (Lipinski definition) is 4. The van der Waals surface area contributed by atoms with Crippen LogP contribution in [0.25, 0.3) is 0 Å². The molecule has 0 unspecified atom stereocenters. The fraction of sp³-hybridized carbons (Fsp3) is 0.233. The summed E-state index contributed by atoms with van der Waals surface area (Å²) in [6.45, 7) is 6.06. The minimum atomic E-state index is -2.15. The van der Waals surface area contributed by atoms with E-state index in [1.54, 1.807) is 0 Å². The minimum absolute atomic E-state index is 0. The maximum absolute atomic E-state index is 10.6. The second-order valence-electron chi connectivity index (χ2n) is 9.35. The van der Waals surface area contributed by atoms with Crippen LogP contribution in [0.2, 0.25) is 0 Å². The van der Waals surface area contributed by atoms with Crippen molar-refractivity contribution in [2.24, 2.45) is 0 Å². The predicted octanol–water partition coefficient (Wildman–Crippen LogP) is 2.03. The van der Waals surface area contributed by atoms with Crippen LogP contribution >= 0.6 is 7.26 Å². The van der Waals surface area contributed by atoms with Crippen LogP contribution in [0, 0.1) is 6.92 Å². The highest BCUT2D eigenvalue weighted by molar-refractivity contribution is 7.95. The van der Waals surface area contributed by atoms with Crippen molar-refractivity contribution in [3.05, 3.63) is 114 Å². The second kappa shape index (κ2) is 10.8. The number of halogens is 1. The third kappa shape index (κ3) is 4.86. The normalized spacial score (nSPS) is 14.3. The van der Waals surface area contributed by atoms with Crippen LogP contribution < -0.4 is 37.6 Å². The van der Waals surface area contributed by atoms with E-state index in [0.717, 1.165) is 28.3 Å². The topological polar surface area (TPSA) is 51.6 Å². The maximum atomic E-state index is 10.6. The zero-order chi connectivity index (χ0) is 24.5. The molecule has 2 heterocycles. The Morgan fingerprint density at radius 3 is 1.75 bits per heavy atom. The number of aliphatic hydroxyl groups is 1. The van der Waals surface area contributed by atoms with E-state index in [1.807, 2.05) is 20.8 Å². The van der Waals surface area contributed by atoms with Crippen LogP contribution in [0.4, 0.5) is 0 Å². The van der Waals surface area contributed by atoms with Crippen molar-refractivity contribution in [1.82, 2.24) is 4.98 Å². The molecule has 1 aliphatic heterocycles. The second-order valence-corrected chi connectivity index (χ2v) is 12.8. The summed E-state index contributed by atoms with van der Waals surface area (Å²) < 4.78 is 12.1. The molecule has 0 amide bonds. The van der Waals surface area contributed by atoms with Gasteiger partial charge in [0.25, 0.3) is 0 Å². The fourth-order valence-electron chi connectivity index (χ4n) is 4.97. The molecule has 0 fully saturated rings. The predicted molar refractivity (Wildman–Crippen MR) is 143 cm³/mol. The van der Waals surface area contributed by atoms with Crippen LogP contribution in [0.15, 0.2) is 91.0 Å². The van der Waals surface area contributed by atoms with Crippen molar-refractivity contribution in [2.75, 3.05) is 0 Å². The molecule has 1 N–H and O–H groups in total. The van der Waals surface area contributed by atoms with Crippen LogP contribution in [0.3, 0.4) is 0 Å². The van der Waals surface area contributed by atoms with Gasteiger partial charge in [0, 0.05) is 25.0 Å². The lowest BCUT2D eigenvalue weighted by molar-refractivity contribution is -0.181. The average molecular weight is 564 g/mol. The number of aryl methyl sites for hydroxylation is 1. The summed E-state index contributed by atoms with van der Waals surface area (Å²) >= 11 is 0. The van der Waals surface area contributed by atoms with Crippen LogP contribution in [0.1, 0.15) is 36.4 Å². The summed E-state index contributed by atoms with van der Waals surface area (Å²) in [6.07, 6.45) is 0.693. The summed E-state index contributed by atoms with van der Waals surface area (Å²) in [7, 11) is -2.15. The number of rotatable bonds is 6. The number of nitrogens with zero attached hydrogens (tertiary/aromatic N) is 1. The van der Waals surface area contributed by atoms with Crippen LogP contribution in [0.5, 0.6) is 5.75 Å². The van der Waals surface area contributed by atoms with Crippen molar-refractivity contribution >= 4 is 23.2 Å². The first-order valence-electron chi connectivity index (χ1n) is 11.9. The van der Waals surface area contributed by atoms with Crippen LogP contribution in [-0.4, -0.2) is 15.9 Å². The van der Waals surface area contributed by atoms with Gasteiger partial charge in [0.1, 0.15) is 35.1 Å². The van der Waals surface area contributed by atoms with Gasteiger partial charge < -0.3 is 31.6 Å². The van der Waals surface area contributed by atoms with Gasteiger partial charge in [-0.25, -0.2) is 4.98 Å². The molecule has 3 aromatic carbocycles. The first kappa shape index (κ1) is 26.5. The maximum Gasteiger partial charge on any atom is 0.205 e. The Morgan fingerprint density at radius 1 is 0.833 bits per heavy atom. The van der Waals surface area contributed by atoms with Crippen molar-refractivity contribution in [3.63, 3.8) is 0 Å². The number of aliphatic hydroxyl groups excluding tert-OH is 1. The largest absolute Gasteiger partial charge is 1.00 e. The lowest BCUT2D eigenvalue weighted by Gasteiger charge is -2.35. The molecule has 0 bridgehead atoms. The lowest BCUT2D eigenvalue weighted by Crippen LogP contribution is -3.00. The Hall–Kier alpha value is -2.56. The van der Waals surface area contributed by atoms with Gasteiger partial charge in [-0.1, -0.05) is 54.6 Å². The third-order valence-corrected chi connectivity index (χ3v) is 11.0. The molecule has 0 spiro atoms. The summed E-state index contributed by atoms with van der Waals surface area (Å²) in [5.41, 5.74) is 3.45. The van der Waals surface area contributed by atoms with E-state index in [1.165, 1.54) is 15.9 Å².